The molecule has 0 aliphatic heterocycles. The van der Waals surface area contributed by atoms with E-state index < -0.39 is 4.92 Å². The zero-order valence-corrected chi connectivity index (χ0v) is 9.77. The number of nitrogens with zero attached hydrogens (tertiary/aromatic N) is 1. The lowest BCUT2D eigenvalue weighted by atomic mass is 10.1. The van der Waals surface area contributed by atoms with Gasteiger partial charge in [0.05, 0.1) is 12.0 Å². The van der Waals surface area contributed by atoms with Gasteiger partial charge < -0.3 is 15.8 Å². The summed E-state index contributed by atoms with van der Waals surface area (Å²) in [5, 5.41) is 12.9. The van der Waals surface area contributed by atoms with Crippen molar-refractivity contribution in [1.29, 1.82) is 0 Å². The highest BCUT2D eigenvalue weighted by atomic mass is 16.6. The summed E-state index contributed by atoms with van der Waals surface area (Å²) >= 11 is 0. The fraction of sp³-hybridized carbons (Fsp3) is 0.273. The van der Waals surface area contributed by atoms with Crippen LogP contribution in [0.15, 0.2) is 30.2 Å². The van der Waals surface area contributed by atoms with Crippen molar-refractivity contribution < 1.29 is 9.66 Å². The van der Waals surface area contributed by atoms with Crippen LogP contribution in [0.4, 0.5) is 0 Å². The Morgan fingerprint density at radius 2 is 2.35 bits per heavy atom. The Morgan fingerprint density at radius 3 is 2.88 bits per heavy atom. The number of hydrogen-bond acceptors (Lipinski definition) is 5. The molecule has 0 spiro atoms. The van der Waals surface area contributed by atoms with Gasteiger partial charge in [0.25, 0.3) is 6.20 Å². The third-order valence-corrected chi connectivity index (χ3v) is 2.20. The standard InChI is InChI=1S/C11H15N3O3/c1-8-5-9(3-4-10(8)17-2)6-13-11(12)7-14(15)16/h3-5,7,13H,6,12H2,1-2H3/b11-7+. The molecule has 92 valence electrons. The van der Waals surface area contributed by atoms with E-state index in [0.717, 1.165) is 23.1 Å². The SMILES string of the molecule is COc1ccc(CN/C(N)=C/[N+](=O)[O-])cc1C. The lowest BCUT2D eigenvalue weighted by Crippen LogP contribution is -2.20. The number of rotatable bonds is 5. The van der Waals surface area contributed by atoms with Gasteiger partial charge in [0.15, 0.2) is 5.82 Å². The highest BCUT2D eigenvalue weighted by molar-refractivity contribution is 5.36. The molecule has 0 fully saturated rings. The molecule has 6 nitrogen and oxygen atoms in total. The van der Waals surface area contributed by atoms with Gasteiger partial charge in [-0.1, -0.05) is 12.1 Å². The second kappa shape index (κ2) is 5.74. The molecule has 6 heteroatoms. The first kappa shape index (κ1) is 12.8. The molecular weight excluding hydrogens is 222 g/mol. The Morgan fingerprint density at radius 1 is 1.65 bits per heavy atom. The maximum Gasteiger partial charge on any atom is 0.273 e. The number of benzene rings is 1. The number of nitrogens with one attached hydrogen (secondary N) is 1. The predicted molar refractivity (Wildman–Crippen MR) is 63.8 cm³/mol. The third-order valence-electron chi connectivity index (χ3n) is 2.20. The van der Waals surface area contributed by atoms with E-state index in [1.165, 1.54) is 0 Å². The average molecular weight is 237 g/mol. The van der Waals surface area contributed by atoms with Gasteiger partial charge in [-0.15, -0.1) is 0 Å². The van der Waals surface area contributed by atoms with Gasteiger partial charge in [0.2, 0.25) is 0 Å². The van der Waals surface area contributed by atoms with Gasteiger partial charge in [-0.25, -0.2) is 0 Å². The van der Waals surface area contributed by atoms with Crippen molar-refractivity contribution >= 4 is 0 Å². The molecule has 17 heavy (non-hydrogen) atoms. The van der Waals surface area contributed by atoms with Crippen molar-refractivity contribution in [1.82, 2.24) is 5.32 Å². The quantitative estimate of drug-likeness (QED) is 0.591. The van der Waals surface area contributed by atoms with E-state index in [2.05, 4.69) is 5.32 Å². The van der Waals surface area contributed by atoms with Crippen LogP contribution in [0.2, 0.25) is 0 Å². The van der Waals surface area contributed by atoms with E-state index in [4.69, 9.17) is 10.5 Å². The molecule has 0 atom stereocenters. The molecule has 0 unspecified atom stereocenters. The number of nitrogens with two attached hydrogens (primary N) is 1. The Labute approximate surface area is 99.2 Å². The monoisotopic (exact) mass is 237 g/mol. The molecule has 1 rings (SSSR count). The topological polar surface area (TPSA) is 90.4 Å². The molecule has 3 N–H and O–H groups in total. The first-order valence-corrected chi connectivity index (χ1v) is 5.01. The minimum absolute atomic E-state index is 0.0310. The summed E-state index contributed by atoms with van der Waals surface area (Å²) in [5.41, 5.74) is 7.38. The summed E-state index contributed by atoms with van der Waals surface area (Å²) in [6.07, 6.45) is 0.733. The van der Waals surface area contributed by atoms with Crippen molar-refractivity contribution in [2.45, 2.75) is 13.5 Å². The zero-order chi connectivity index (χ0) is 12.8. The Balaban J connectivity index is 2.64. The van der Waals surface area contributed by atoms with Crippen LogP contribution in [0, 0.1) is 17.0 Å². The van der Waals surface area contributed by atoms with Crippen LogP contribution < -0.4 is 15.8 Å². The van der Waals surface area contributed by atoms with E-state index in [0.29, 0.717) is 6.54 Å². The molecule has 1 aromatic rings. The van der Waals surface area contributed by atoms with Gasteiger partial charge in [-0.3, -0.25) is 10.1 Å². The van der Waals surface area contributed by atoms with Crippen molar-refractivity contribution in [3.63, 3.8) is 0 Å². The van der Waals surface area contributed by atoms with Crippen molar-refractivity contribution in [3.8, 4) is 5.75 Å². The summed E-state index contributed by atoms with van der Waals surface area (Å²) in [4.78, 5) is 9.56. The Kier molecular flexibility index (Phi) is 4.33. The molecule has 0 radical (unpaired) electrons. The van der Waals surface area contributed by atoms with Gasteiger partial charge >= 0.3 is 0 Å². The van der Waals surface area contributed by atoms with Crippen molar-refractivity contribution in [2.24, 2.45) is 5.73 Å². The highest BCUT2D eigenvalue weighted by Gasteiger charge is 2.01. The van der Waals surface area contributed by atoms with Crippen molar-refractivity contribution in [3.05, 3.63) is 51.5 Å². The summed E-state index contributed by atoms with van der Waals surface area (Å²) in [7, 11) is 1.61. The highest BCUT2D eigenvalue weighted by Crippen LogP contribution is 2.18. The molecule has 0 saturated heterocycles. The molecule has 0 aliphatic carbocycles. The number of aryl methyl sites for hydroxylation is 1. The summed E-state index contributed by atoms with van der Waals surface area (Å²) in [6.45, 7) is 2.36. The number of methoxy groups -OCH3 is 1. The fourth-order valence-corrected chi connectivity index (χ4v) is 1.41. The van der Waals surface area contributed by atoms with E-state index in [-0.39, 0.29) is 5.82 Å². The lowest BCUT2D eigenvalue weighted by Gasteiger charge is -2.08. The van der Waals surface area contributed by atoms with Gasteiger partial charge in [-0.2, -0.15) is 0 Å². The normalized spacial score (nSPS) is 11.1. The van der Waals surface area contributed by atoms with Crippen molar-refractivity contribution in [2.75, 3.05) is 7.11 Å². The minimum Gasteiger partial charge on any atom is -0.496 e. The Hall–Kier alpha value is -2.24. The van der Waals surface area contributed by atoms with Gasteiger partial charge in [-0.05, 0) is 24.1 Å². The van der Waals surface area contributed by atoms with E-state index in [1.807, 2.05) is 25.1 Å². The minimum atomic E-state index is -0.596. The number of hydrogen-bond donors (Lipinski definition) is 2. The van der Waals surface area contributed by atoms with Crippen LogP contribution in [-0.4, -0.2) is 12.0 Å². The molecule has 0 amide bonds. The number of nitro groups is 1. The van der Waals surface area contributed by atoms with Crippen LogP contribution in [0.3, 0.4) is 0 Å². The van der Waals surface area contributed by atoms with Crippen LogP contribution in [0.5, 0.6) is 5.75 Å². The van der Waals surface area contributed by atoms with E-state index in [1.54, 1.807) is 7.11 Å². The van der Waals surface area contributed by atoms with Crippen LogP contribution >= 0.6 is 0 Å². The average Bonchev–Trinajstić information content (AvgIpc) is 2.25. The van der Waals surface area contributed by atoms with E-state index in [9.17, 15) is 10.1 Å². The zero-order valence-electron chi connectivity index (χ0n) is 9.77. The molecule has 0 aliphatic rings. The predicted octanol–water partition coefficient (Wildman–Crippen LogP) is 1.13. The van der Waals surface area contributed by atoms with Crippen LogP contribution in [0.25, 0.3) is 0 Å². The van der Waals surface area contributed by atoms with E-state index >= 15 is 0 Å². The second-order valence-corrected chi connectivity index (χ2v) is 3.53. The maximum absolute atomic E-state index is 10.2. The largest absolute Gasteiger partial charge is 0.496 e. The third kappa shape index (κ3) is 4.02. The summed E-state index contributed by atoms with van der Waals surface area (Å²) in [5.74, 6) is 0.839. The number of ether oxygens (including phenoxy) is 1. The molecule has 1 aromatic carbocycles. The first-order valence-electron chi connectivity index (χ1n) is 5.01. The van der Waals surface area contributed by atoms with Crippen LogP contribution in [-0.2, 0) is 6.54 Å². The molecule has 0 aromatic heterocycles. The smallest absolute Gasteiger partial charge is 0.273 e. The molecule has 0 bridgehead atoms. The second-order valence-electron chi connectivity index (χ2n) is 3.53. The first-order chi connectivity index (χ1) is 8.02. The Bertz CT molecular complexity index is 444. The maximum atomic E-state index is 10.2. The molecular formula is C11H15N3O3. The fourth-order valence-electron chi connectivity index (χ4n) is 1.41. The lowest BCUT2D eigenvalue weighted by molar-refractivity contribution is -0.403. The van der Waals surface area contributed by atoms with Gasteiger partial charge in [0.1, 0.15) is 5.75 Å². The van der Waals surface area contributed by atoms with Gasteiger partial charge in [0, 0.05) is 6.54 Å². The molecule has 0 heterocycles. The molecule has 0 saturated carbocycles. The summed E-state index contributed by atoms with van der Waals surface area (Å²) in [6, 6.07) is 5.66. The summed E-state index contributed by atoms with van der Waals surface area (Å²) < 4.78 is 5.13. The van der Waals surface area contributed by atoms with Crippen LogP contribution in [0.1, 0.15) is 11.1 Å².